The van der Waals surface area contributed by atoms with E-state index in [0.717, 1.165) is 39.3 Å². The van der Waals surface area contributed by atoms with Gasteiger partial charge in [-0.15, -0.1) is 11.3 Å². The zero-order valence-electron chi connectivity index (χ0n) is 14.9. The van der Waals surface area contributed by atoms with Crippen molar-refractivity contribution >= 4 is 17.3 Å². The van der Waals surface area contributed by atoms with E-state index < -0.39 is 0 Å². The third-order valence-electron chi connectivity index (χ3n) is 4.13. The van der Waals surface area contributed by atoms with Gasteiger partial charge in [0.2, 0.25) is 6.79 Å². The summed E-state index contributed by atoms with van der Waals surface area (Å²) in [6.45, 7) is 1.54. The number of ether oxygens (including phenoxy) is 2. The maximum Gasteiger partial charge on any atom is 0.231 e. The minimum absolute atomic E-state index is 0.286. The molecule has 7 heteroatoms. The number of aliphatic imine (C=N–C) groups is 1. The second kappa shape index (κ2) is 8.09. The summed E-state index contributed by atoms with van der Waals surface area (Å²) in [6, 6.07) is 16.1. The van der Waals surface area contributed by atoms with E-state index in [0.29, 0.717) is 13.1 Å². The van der Waals surface area contributed by atoms with Gasteiger partial charge in [0.15, 0.2) is 17.5 Å². The van der Waals surface area contributed by atoms with Crippen molar-refractivity contribution in [3.63, 3.8) is 0 Å². The molecule has 0 atom stereocenters. The summed E-state index contributed by atoms with van der Waals surface area (Å²) in [7, 11) is 1.76. The van der Waals surface area contributed by atoms with E-state index in [4.69, 9.17) is 9.47 Å². The Bertz CT molecular complexity index is 940. The zero-order chi connectivity index (χ0) is 18.5. The highest BCUT2D eigenvalue weighted by Gasteiger charge is 2.13. The average Bonchev–Trinajstić information content (AvgIpc) is 3.38. The van der Waals surface area contributed by atoms with Crippen LogP contribution in [-0.2, 0) is 13.1 Å². The largest absolute Gasteiger partial charge is 0.454 e. The van der Waals surface area contributed by atoms with Crippen molar-refractivity contribution in [2.75, 3.05) is 13.8 Å². The molecule has 1 aliphatic heterocycles. The number of aromatic nitrogens is 1. The molecule has 0 radical (unpaired) electrons. The predicted octanol–water partition coefficient (Wildman–Crippen LogP) is 3.40. The third-order valence-corrected chi connectivity index (χ3v) is 5.07. The van der Waals surface area contributed by atoms with E-state index in [1.165, 1.54) is 0 Å². The van der Waals surface area contributed by atoms with Crippen LogP contribution in [0.4, 0.5) is 0 Å². The SMILES string of the molecule is CN=C(NCc1ccc2c(c1)OCO2)NCc1csc(-c2ccccc2)n1. The molecule has 0 amide bonds. The lowest BCUT2D eigenvalue weighted by molar-refractivity contribution is 0.174. The maximum atomic E-state index is 5.41. The van der Waals surface area contributed by atoms with Crippen LogP contribution >= 0.6 is 11.3 Å². The first-order valence-corrected chi connectivity index (χ1v) is 9.52. The smallest absolute Gasteiger partial charge is 0.231 e. The summed E-state index contributed by atoms with van der Waals surface area (Å²) >= 11 is 1.65. The van der Waals surface area contributed by atoms with Gasteiger partial charge in [-0.3, -0.25) is 4.99 Å². The van der Waals surface area contributed by atoms with Gasteiger partial charge < -0.3 is 20.1 Å². The minimum atomic E-state index is 0.286. The molecule has 3 aromatic rings. The number of rotatable bonds is 5. The molecule has 0 unspecified atom stereocenters. The Kier molecular flexibility index (Phi) is 5.20. The van der Waals surface area contributed by atoms with Crippen molar-refractivity contribution in [1.29, 1.82) is 0 Å². The van der Waals surface area contributed by atoms with E-state index in [1.807, 2.05) is 36.4 Å². The number of thiazole rings is 1. The summed E-state index contributed by atoms with van der Waals surface area (Å²) in [4.78, 5) is 8.96. The molecule has 6 nitrogen and oxygen atoms in total. The van der Waals surface area contributed by atoms with Crippen molar-refractivity contribution in [3.05, 3.63) is 65.2 Å². The summed E-state index contributed by atoms with van der Waals surface area (Å²) in [5.74, 6) is 2.30. The minimum Gasteiger partial charge on any atom is -0.454 e. The standard InChI is InChI=1S/C20H20N4O2S/c1-21-20(22-10-14-7-8-17-18(9-14)26-13-25-17)23-11-16-12-27-19(24-16)15-5-3-2-4-6-15/h2-9,12H,10-11,13H2,1H3,(H2,21,22,23). The number of hydrogen-bond acceptors (Lipinski definition) is 5. The molecule has 4 rings (SSSR count). The van der Waals surface area contributed by atoms with Crippen LogP contribution < -0.4 is 20.1 Å². The van der Waals surface area contributed by atoms with Gasteiger partial charge in [-0.1, -0.05) is 36.4 Å². The Morgan fingerprint density at radius 3 is 2.74 bits per heavy atom. The molecule has 27 heavy (non-hydrogen) atoms. The number of fused-ring (bicyclic) bond motifs is 1. The molecule has 0 spiro atoms. The van der Waals surface area contributed by atoms with Gasteiger partial charge in [-0.2, -0.15) is 0 Å². The van der Waals surface area contributed by atoms with Crippen LogP contribution in [0.5, 0.6) is 11.5 Å². The Hall–Kier alpha value is -3.06. The van der Waals surface area contributed by atoms with Crippen LogP contribution in [0.15, 0.2) is 58.9 Å². The highest BCUT2D eigenvalue weighted by Crippen LogP contribution is 2.32. The number of hydrogen-bond donors (Lipinski definition) is 2. The molecule has 2 aromatic carbocycles. The third kappa shape index (κ3) is 4.20. The number of nitrogens with zero attached hydrogens (tertiary/aromatic N) is 2. The first-order valence-electron chi connectivity index (χ1n) is 8.65. The van der Waals surface area contributed by atoms with E-state index in [2.05, 4.69) is 38.1 Å². The van der Waals surface area contributed by atoms with Crippen LogP contribution in [0.3, 0.4) is 0 Å². The Morgan fingerprint density at radius 2 is 1.89 bits per heavy atom. The predicted molar refractivity (Wildman–Crippen MR) is 107 cm³/mol. The van der Waals surface area contributed by atoms with Crippen LogP contribution in [0.2, 0.25) is 0 Å². The van der Waals surface area contributed by atoms with Gasteiger partial charge in [0.05, 0.1) is 12.2 Å². The molecule has 2 N–H and O–H groups in total. The van der Waals surface area contributed by atoms with E-state index >= 15 is 0 Å². The van der Waals surface area contributed by atoms with Crippen molar-refractivity contribution in [1.82, 2.24) is 15.6 Å². The fourth-order valence-corrected chi connectivity index (χ4v) is 3.56. The van der Waals surface area contributed by atoms with Crippen LogP contribution in [0.25, 0.3) is 10.6 Å². The molecule has 0 bridgehead atoms. The van der Waals surface area contributed by atoms with Crippen molar-refractivity contribution in [2.45, 2.75) is 13.1 Å². The maximum absolute atomic E-state index is 5.41. The topological polar surface area (TPSA) is 67.8 Å². The monoisotopic (exact) mass is 380 g/mol. The van der Waals surface area contributed by atoms with Gasteiger partial charge in [0.25, 0.3) is 0 Å². The number of benzene rings is 2. The lowest BCUT2D eigenvalue weighted by atomic mass is 10.2. The Morgan fingerprint density at radius 1 is 1.07 bits per heavy atom. The van der Waals surface area contributed by atoms with Gasteiger partial charge in [-0.05, 0) is 17.7 Å². The summed E-state index contributed by atoms with van der Waals surface area (Å²) in [5.41, 5.74) is 3.23. The van der Waals surface area contributed by atoms with Gasteiger partial charge in [-0.25, -0.2) is 4.98 Å². The molecule has 1 aromatic heterocycles. The summed E-state index contributed by atoms with van der Waals surface area (Å²) < 4.78 is 10.8. The Labute approximate surface area is 161 Å². The van der Waals surface area contributed by atoms with Gasteiger partial charge in [0.1, 0.15) is 5.01 Å². The van der Waals surface area contributed by atoms with E-state index in [9.17, 15) is 0 Å². The van der Waals surface area contributed by atoms with Crippen LogP contribution in [0, 0.1) is 0 Å². The molecule has 138 valence electrons. The second-order valence-corrected chi connectivity index (χ2v) is 6.84. The second-order valence-electron chi connectivity index (χ2n) is 5.98. The van der Waals surface area contributed by atoms with Crippen molar-refractivity contribution in [2.24, 2.45) is 4.99 Å². The molecule has 0 saturated heterocycles. The van der Waals surface area contributed by atoms with Crippen molar-refractivity contribution in [3.8, 4) is 22.1 Å². The lowest BCUT2D eigenvalue weighted by Crippen LogP contribution is -2.36. The summed E-state index contributed by atoms with van der Waals surface area (Å²) in [6.07, 6.45) is 0. The fourth-order valence-electron chi connectivity index (χ4n) is 2.73. The molecule has 1 aliphatic rings. The highest BCUT2D eigenvalue weighted by molar-refractivity contribution is 7.13. The summed E-state index contributed by atoms with van der Waals surface area (Å²) in [5, 5.41) is 9.70. The fraction of sp³-hybridized carbons (Fsp3) is 0.200. The lowest BCUT2D eigenvalue weighted by Gasteiger charge is -2.11. The van der Waals surface area contributed by atoms with Gasteiger partial charge in [0, 0.05) is 24.5 Å². The van der Waals surface area contributed by atoms with E-state index in [-0.39, 0.29) is 6.79 Å². The number of guanidine groups is 1. The first kappa shape index (κ1) is 17.4. The first-order chi connectivity index (χ1) is 13.3. The molecule has 0 saturated carbocycles. The number of nitrogens with one attached hydrogen (secondary N) is 2. The molecule has 2 heterocycles. The van der Waals surface area contributed by atoms with Crippen LogP contribution in [-0.4, -0.2) is 24.8 Å². The molecular weight excluding hydrogens is 360 g/mol. The molecule has 0 fully saturated rings. The highest BCUT2D eigenvalue weighted by atomic mass is 32.1. The normalized spacial score (nSPS) is 12.9. The average molecular weight is 380 g/mol. The Balaban J connectivity index is 1.31. The van der Waals surface area contributed by atoms with Gasteiger partial charge >= 0.3 is 0 Å². The molecular formula is C20H20N4O2S. The zero-order valence-corrected chi connectivity index (χ0v) is 15.8. The quantitative estimate of drug-likeness (QED) is 0.524. The van der Waals surface area contributed by atoms with Crippen LogP contribution in [0.1, 0.15) is 11.3 Å². The van der Waals surface area contributed by atoms with E-state index in [1.54, 1.807) is 18.4 Å². The van der Waals surface area contributed by atoms with Crippen molar-refractivity contribution < 1.29 is 9.47 Å². The molecule has 0 aliphatic carbocycles.